The van der Waals surface area contributed by atoms with Gasteiger partial charge in [0.15, 0.2) is 17.3 Å². The maximum absolute atomic E-state index is 13.0. The zero-order valence-corrected chi connectivity index (χ0v) is 19.3. The fraction of sp³-hybridized carbons (Fsp3) is 0.500. The number of benzene rings is 1. The molecule has 0 radical (unpaired) electrons. The quantitative estimate of drug-likeness (QED) is 0.639. The van der Waals surface area contributed by atoms with Crippen LogP contribution >= 0.6 is 0 Å². The van der Waals surface area contributed by atoms with Gasteiger partial charge in [-0.2, -0.15) is 0 Å². The third-order valence-electron chi connectivity index (χ3n) is 6.35. The molecule has 33 heavy (non-hydrogen) atoms. The Hall–Kier alpha value is -3.04. The third kappa shape index (κ3) is 5.66. The fourth-order valence-corrected chi connectivity index (χ4v) is 4.38. The molecule has 2 aliphatic rings. The maximum atomic E-state index is 13.0. The van der Waals surface area contributed by atoms with Gasteiger partial charge in [0, 0.05) is 52.4 Å². The van der Waals surface area contributed by atoms with E-state index in [0.29, 0.717) is 31.1 Å². The monoisotopic (exact) mass is 456 g/mol. The summed E-state index contributed by atoms with van der Waals surface area (Å²) in [6.45, 7) is 6.54. The second-order valence-corrected chi connectivity index (χ2v) is 8.39. The van der Waals surface area contributed by atoms with Crippen LogP contribution in [-0.2, 0) is 17.8 Å². The van der Waals surface area contributed by atoms with Crippen molar-refractivity contribution in [3.8, 4) is 11.5 Å². The molecule has 3 heterocycles. The molecule has 0 atom stereocenters. The van der Waals surface area contributed by atoms with Crippen LogP contribution in [0.15, 0.2) is 34.9 Å². The first-order chi connectivity index (χ1) is 16.1. The highest BCUT2D eigenvalue weighted by atomic mass is 16.5. The van der Waals surface area contributed by atoms with E-state index in [4.69, 9.17) is 13.9 Å². The van der Waals surface area contributed by atoms with E-state index in [-0.39, 0.29) is 11.8 Å². The van der Waals surface area contributed by atoms with E-state index in [1.807, 2.05) is 17.0 Å². The number of amides is 2. The van der Waals surface area contributed by atoms with Crippen LogP contribution in [0.5, 0.6) is 11.5 Å². The van der Waals surface area contributed by atoms with E-state index in [2.05, 4.69) is 15.1 Å². The van der Waals surface area contributed by atoms with E-state index in [9.17, 15) is 9.59 Å². The number of nitrogens with one attached hydrogen (secondary N) is 1. The highest BCUT2D eigenvalue weighted by Gasteiger charge is 2.25. The fourth-order valence-electron chi connectivity index (χ4n) is 4.38. The highest BCUT2D eigenvalue weighted by Crippen LogP contribution is 2.33. The number of carbonyl (C=O) groups excluding carboxylic acids is 2. The van der Waals surface area contributed by atoms with Crippen molar-refractivity contribution in [1.29, 1.82) is 0 Å². The first-order valence-electron chi connectivity index (χ1n) is 11.4. The molecule has 1 saturated heterocycles. The Balaban J connectivity index is 1.20. The van der Waals surface area contributed by atoms with Gasteiger partial charge in [-0.25, -0.2) is 0 Å². The van der Waals surface area contributed by atoms with Crippen LogP contribution in [0, 0.1) is 0 Å². The highest BCUT2D eigenvalue weighted by molar-refractivity contribution is 5.91. The van der Waals surface area contributed by atoms with Crippen molar-refractivity contribution < 1.29 is 23.5 Å². The van der Waals surface area contributed by atoms with Gasteiger partial charge in [-0.1, -0.05) is 0 Å². The second kappa shape index (κ2) is 10.7. The Kier molecular flexibility index (Phi) is 7.51. The van der Waals surface area contributed by atoms with E-state index in [0.717, 1.165) is 57.0 Å². The summed E-state index contributed by atoms with van der Waals surface area (Å²) < 4.78 is 15.9. The average molecular weight is 457 g/mol. The summed E-state index contributed by atoms with van der Waals surface area (Å²) in [7, 11) is 3.27. The number of ether oxygens (including phenoxy) is 2. The summed E-state index contributed by atoms with van der Waals surface area (Å²) in [5, 5.41) is 2.88. The molecule has 0 bridgehead atoms. The maximum Gasteiger partial charge on any atom is 0.287 e. The van der Waals surface area contributed by atoms with E-state index in [1.54, 1.807) is 26.4 Å². The van der Waals surface area contributed by atoms with Gasteiger partial charge < -0.3 is 24.1 Å². The number of fused-ring (bicyclic) bond motifs is 1. The number of carbonyl (C=O) groups is 2. The van der Waals surface area contributed by atoms with E-state index in [1.165, 1.54) is 11.8 Å². The number of piperazine rings is 1. The normalized spacial score (nSPS) is 16.8. The second-order valence-electron chi connectivity index (χ2n) is 8.39. The predicted molar refractivity (Wildman–Crippen MR) is 123 cm³/mol. The van der Waals surface area contributed by atoms with Crippen LogP contribution in [0.25, 0.3) is 0 Å². The SMILES string of the molecule is COc1cc2c(cc1OC)CN(C(=O)CN1CCN(CCNC(=O)c3ccco3)CC1)CC2. The number of nitrogens with zero attached hydrogens (tertiary/aromatic N) is 3. The Labute approximate surface area is 194 Å². The molecule has 9 nitrogen and oxygen atoms in total. The Bertz CT molecular complexity index is 954. The minimum atomic E-state index is -0.191. The lowest BCUT2D eigenvalue weighted by Gasteiger charge is -2.36. The molecule has 1 N–H and O–H groups in total. The molecule has 0 spiro atoms. The molecule has 4 rings (SSSR count). The molecule has 0 aliphatic carbocycles. The molecule has 0 saturated carbocycles. The molecule has 2 amide bonds. The number of rotatable bonds is 8. The summed E-state index contributed by atoms with van der Waals surface area (Å²) in [5.41, 5.74) is 2.33. The Morgan fingerprint density at radius 1 is 1.00 bits per heavy atom. The zero-order valence-electron chi connectivity index (χ0n) is 19.3. The molecule has 178 valence electrons. The molecular formula is C24H32N4O5. The molecule has 2 aromatic rings. The Morgan fingerprint density at radius 2 is 1.70 bits per heavy atom. The first kappa shape index (κ1) is 23.1. The van der Waals surface area contributed by atoms with Crippen LogP contribution in [0.2, 0.25) is 0 Å². The van der Waals surface area contributed by atoms with Gasteiger partial charge in [0.05, 0.1) is 27.0 Å². The van der Waals surface area contributed by atoms with Crippen molar-refractivity contribution >= 4 is 11.8 Å². The van der Waals surface area contributed by atoms with Crippen molar-refractivity contribution in [2.45, 2.75) is 13.0 Å². The minimum absolute atomic E-state index is 0.162. The number of furan rings is 1. The van der Waals surface area contributed by atoms with Gasteiger partial charge in [0.2, 0.25) is 5.91 Å². The van der Waals surface area contributed by atoms with Crippen molar-refractivity contribution in [3.63, 3.8) is 0 Å². The molecule has 2 aliphatic heterocycles. The minimum Gasteiger partial charge on any atom is -0.493 e. The van der Waals surface area contributed by atoms with Crippen molar-refractivity contribution in [1.82, 2.24) is 20.0 Å². The lowest BCUT2D eigenvalue weighted by molar-refractivity contribution is -0.133. The van der Waals surface area contributed by atoms with Crippen molar-refractivity contribution in [3.05, 3.63) is 47.4 Å². The number of hydrogen-bond donors (Lipinski definition) is 1. The first-order valence-corrected chi connectivity index (χ1v) is 11.4. The van der Waals surface area contributed by atoms with Gasteiger partial charge in [-0.3, -0.25) is 19.4 Å². The van der Waals surface area contributed by atoms with Crippen molar-refractivity contribution in [2.24, 2.45) is 0 Å². The van der Waals surface area contributed by atoms with Gasteiger partial charge in [0.25, 0.3) is 5.91 Å². The zero-order chi connectivity index (χ0) is 23.2. The van der Waals surface area contributed by atoms with Gasteiger partial charge >= 0.3 is 0 Å². The lowest BCUT2D eigenvalue weighted by atomic mass is 9.98. The largest absolute Gasteiger partial charge is 0.493 e. The van der Waals surface area contributed by atoms with Gasteiger partial charge in [-0.05, 0) is 41.8 Å². The summed E-state index contributed by atoms with van der Waals surface area (Å²) in [6, 6.07) is 7.36. The number of methoxy groups -OCH3 is 2. The van der Waals surface area contributed by atoms with Crippen LogP contribution in [0.4, 0.5) is 0 Å². The topological polar surface area (TPSA) is 87.5 Å². The van der Waals surface area contributed by atoms with E-state index >= 15 is 0 Å². The molecule has 0 unspecified atom stereocenters. The molecular weight excluding hydrogens is 424 g/mol. The molecule has 1 fully saturated rings. The Morgan fingerprint density at radius 3 is 2.36 bits per heavy atom. The third-order valence-corrected chi connectivity index (χ3v) is 6.35. The van der Waals surface area contributed by atoms with Crippen LogP contribution in [0.1, 0.15) is 21.7 Å². The summed E-state index contributed by atoms with van der Waals surface area (Å²) in [6.07, 6.45) is 2.31. The standard InChI is InChI=1S/C24H32N4O5/c1-31-21-14-18-5-7-28(16-19(18)15-22(21)32-2)23(29)17-27-11-9-26(10-12-27)8-6-25-24(30)20-4-3-13-33-20/h3-4,13-15H,5-12,16-17H2,1-2H3,(H,25,30). The predicted octanol–water partition coefficient (Wildman–Crippen LogP) is 1.23. The van der Waals surface area contributed by atoms with Gasteiger partial charge in [0.1, 0.15) is 0 Å². The average Bonchev–Trinajstić information content (AvgIpc) is 3.39. The lowest BCUT2D eigenvalue weighted by Crippen LogP contribution is -2.51. The van der Waals surface area contributed by atoms with Crippen LogP contribution < -0.4 is 14.8 Å². The molecule has 1 aromatic heterocycles. The smallest absolute Gasteiger partial charge is 0.287 e. The summed E-state index contributed by atoms with van der Waals surface area (Å²) in [5.74, 6) is 1.73. The van der Waals surface area contributed by atoms with Crippen molar-refractivity contribution in [2.75, 3.05) is 66.6 Å². The van der Waals surface area contributed by atoms with Crippen LogP contribution in [0.3, 0.4) is 0 Å². The van der Waals surface area contributed by atoms with Gasteiger partial charge in [-0.15, -0.1) is 0 Å². The molecule has 9 heteroatoms. The molecule has 1 aromatic carbocycles. The summed E-state index contributed by atoms with van der Waals surface area (Å²) >= 11 is 0. The number of hydrogen-bond acceptors (Lipinski definition) is 7. The van der Waals surface area contributed by atoms with E-state index < -0.39 is 0 Å². The van der Waals surface area contributed by atoms with Crippen LogP contribution in [-0.4, -0.2) is 93.1 Å². The summed E-state index contributed by atoms with van der Waals surface area (Å²) in [4.78, 5) is 31.3.